The van der Waals surface area contributed by atoms with E-state index in [-0.39, 0.29) is 24.4 Å². The number of amides is 2. The molecule has 19 heavy (non-hydrogen) atoms. The fraction of sp³-hybridized carbons (Fsp3) is 0.429. The summed E-state index contributed by atoms with van der Waals surface area (Å²) in [6, 6.07) is 6.81. The van der Waals surface area contributed by atoms with E-state index in [1.807, 2.05) is 6.07 Å². The third kappa shape index (κ3) is 2.21. The summed E-state index contributed by atoms with van der Waals surface area (Å²) in [5.74, 6) is 0.0471. The predicted molar refractivity (Wildman–Crippen MR) is 73.2 cm³/mol. The van der Waals surface area contributed by atoms with Crippen LogP contribution in [0.15, 0.2) is 24.3 Å². The Bertz CT molecular complexity index is 532. The molecule has 2 aliphatic heterocycles. The van der Waals surface area contributed by atoms with E-state index in [9.17, 15) is 9.59 Å². The van der Waals surface area contributed by atoms with Gasteiger partial charge in [0, 0.05) is 17.3 Å². The fourth-order valence-corrected chi connectivity index (χ4v) is 3.02. The second-order valence-electron chi connectivity index (χ2n) is 5.00. The van der Waals surface area contributed by atoms with Crippen LogP contribution in [-0.2, 0) is 9.59 Å². The summed E-state index contributed by atoms with van der Waals surface area (Å²) >= 11 is 5.95. The highest BCUT2D eigenvalue weighted by molar-refractivity contribution is 6.31. The fourth-order valence-electron chi connectivity index (χ4n) is 2.83. The zero-order valence-electron chi connectivity index (χ0n) is 10.5. The number of piperidine rings is 1. The molecule has 2 heterocycles. The van der Waals surface area contributed by atoms with E-state index in [1.165, 1.54) is 0 Å². The van der Waals surface area contributed by atoms with Crippen molar-refractivity contribution in [3.05, 3.63) is 29.3 Å². The molecule has 0 N–H and O–H groups in total. The molecule has 0 radical (unpaired) electrons. The molecule has 2 saturated heterocycles. The van der Waals surface area contributed by atoms with Gasteiger partial charge in [0.25, 0.3) is 0 Å². The van der Waals surface area contributed by atoms with Gasteiger partial charge in [0.05, 0.1) is 0 Å². The number of hydrogen-bond acceptors (Lipinski definition) is 2. The number of carbonyl (C=O) groups excluding carboxylic acids is 2. The molecule has 0 aromatic heterocycles. The molecule has 3 rings (SSSR count). The maximum absolute atomic E-state index is 12.5. The monoisotopic (exact) mass is 278 g/mol. The summed E-state index contributed by atoms with van der Waals surface area (Å²) in [6.07, 6.45) is 2.76. The van der Waals surface area contributed by atoms with Gasteiger partial charge in [-0.15, -0.1) is 0 Å². The standard InChI is InChI=1S/C14H15ClN2O2/c15-10-4-3-5-11(8-10)17-9-13(18)16-7-2-1-6-12(16)14(17)19/h3-5,8,12H,1-2,6-7,9H2. The highest BCUT2D eigenvalue weighted by atomic mass is 35.5. The number of benzene rings is 1. The second-order valence-corrected chi connectivity index (χ2v) is 5.44. The van der Waals surface area contributed by atoms with Gasteiger partial charge in [-0.1, -0.05) is 17.7 Å². The van der Waals surface area contributed by atoms with Gasteiger partial charge in [-0.2, -0.15) is 0 Å². The maximum atomic E-state index is 12.5. The second kappa shape index (κ2) is 4.85. The third-order valence-corrected chi connectivity index (χ3v) is 4.02. The Morgan fingerprint density at radius 1 is 1.21 bits per heavy atom. The van der Waals surface area contributed by atoms with Gasteiger partial charge < -0.3 is 9.80 Å². The molecule has 0 bridgehead atoms. The first kappa shape index (κ1) is 12.5. The Balaban J connectivity index is 1.91. The number of fused-ring (bicyclic) bond motifs is 1. The van der Waals surface area contributed by atoms with Gasteiger partial charge >= 0.3 is 0 Å². The minimum Gasteiger partial charge on any atom is -0.329 e. The van der Waals surface area contributed by atoms with Gasteiger partial charge in [-0.05, 0) is 37.5 Å². The van der Waals surface area contributed by atoms with E-state index in [0.717, 1.165) is 19.3 Å². The highest BCUT2D eigenvalue weighted by Gasteiger charge is 2.40. The molecule has 1 aromatic carbocycles. The zero-order valence-corrected chi connectivity index (χ0v) is 11.3. The number of carbonyl (C=O) groups is 2. The summed E-state index contributed by atoms with van der Waals surface area (Å²) in [5, 5.41) is 0.573. The van der Waals surface area contributed by atoms with Crippen LogP contribution in [0.5, 0.6) is 0 Å². The molecule has 1 atom stereocenters. The van der Waals surface area contributed by atoms with Crippen molar-refractivity contribution in [3.63, 3.8) is 0 Å². The van der Waals surface area contributed by atoms with Crippen LogP contribution in [0, 0.1) is 0 Å². The lowest BCUT2D eigenvalue weighted by atomic mass is 9.98. The summed E-state index contributed by atoms with van der Waals surface area (Å²) in [6.45, 7) is 0.828. The van der Waals surface area contributed by atoms with Crippen molar-refractivity contribution >= 4 is 29.1 Å². The van der Waals surface area contributed by atoms with Crippen molar-refractivity contribution in [1.29, 1.82) is 0 Å². The van der Waals surface area contributed by atoms with E-state index in [0.29, 0.717) is 17.3 Å². The molecule has 1 aromatic rings. The van der Waals surface area contributed by atoms with Crippen molar-refractivity contribution in [2.45, 2.75) is 25.3 Å². The van der Waals surface area contributed by atoms with Crippen molar-refractivity contribution in [3.8, 4) is 0 Å². The Morgan fingerprint density at radius 2 is 2.05 bits per heavy atom. The van der Waals surface area contributed by atoms with Crippen LogP contribution in [0.4, 0.5) is 5.69 Å². The number of piperazine rings is 1. The van der Waals surface area contributed by atoms with E-state index < -0.39 is 0 Å². The molecular weight excluding hydrogens is 264 g/mol. The Morgan fingerprint density at radius 3 is 2.84 bits per heavy atom. The minimum absolute atomic E-state index is 0.0153. The van der Waals surface area contributed by atoms with E-state index in [2.05, 4.69) is 0 Å². The number of nitrogens with zero attached hydrogens (tertiary/aromatic N) is 2. The third-order valence-electron chi connectivity index (χ3n) is 3.79. The Kier molecular flexibility index (Phi) is 3.19. The molecular formula is C14H15ClN2O2. The summed E-state index contributed by atoms with van der Waals surface area (Å²) in [5.41, 5.74) is 0.705. The van der Waals surface area contributed by atoms with E-state index in [4.69, 9.17) is 11.6 Å². The number of hydrogen-bond donors (Lipinski definition) is 0. The van der Waals surface area contributed by atoms with Crippen LogP contribution in [0.1, 0.15) is 19.3 Å². The number of rotatable bonds is 1. The van der Waals surface area contributed by atoms with Gasteiger partial charge in [0.1, 0.15) is 12.6 Å². The van der Waals surface area contributed by atoms with Gasteiger partial charge in [0.2, 0.25) is 11.8 Å². The average molecular weight is 279 g/mol. The van der Waals surface area contributed by atoms with Crippen LogP contribution in [0.25, 0.3) is 0 Å². The first-order valence-electron chi connectivity index (χ1n) is 6.53. The molecule has 4 nitrogen and oxygen atoms in total. The molecule has 0 saturated carbocycles. The number of anilines is 1. The van der Waals surface area contributed by atoms with Gasteiger partial charge in [0.15, 0.2) is 0 Å². The maximum Gasteiger partial charge on any atom is 0.250 e. The smallest absolute Gasteiger partial charge is 0.250 e. The molecule has 0 aliphatic carbocycles. The predicted octanol–water partition coefficient (Wildman–Crippen LogP) is 2.07. The lowest BCUT2D eigenvalue weighted by Gasteiger charge is -2.42. The molecule has 2 fully saturated rings. The van der Waals surface area contributed by atoms with Crippen molar-refractivity contribution in [2.75, 3.05) is 18.0 Å². The average Bonchev–Trinajstić information content (AvgIpc) is 2.43. The Hall–Kier alpha value is -1.55. The summed E-state index contributed by atoms with van der Waals surface area (Å²) < 4.78 is 0. The van der Waals surface area contributed by atoms with Crippen molar-refractivity contribution in [1.82, 2.24) is 4.90 Å². The van der Waals surface area contributed by atoms with Crippen molar-refractivity contribution < 1.29 is 9.59 Å². The SMILES string of the molecule is O=C1C2CCCCN2C(=O)CN1c1cccc(Cl)c1. The highest BCUT2D eigenvalue weighted by Crippen LogP contribution is 2.28. The first-order valence-corrected chi connectivity index (χ1v) is 6.91. The van der Waals surface area contributed by atoms with Crippen LogP contribution in [0.2, 0.25) is 5.02 Å². The van der Waals surface area contributed by atoms with Crippen LogP contribution in [0.3, 0.4) is 0 Å². The van der Waals surface area contributed by atoms with Crippen LogP contribution in [-0.4, -0.2) is 35.8 Å². The van der Waals surface area contributed by atoms with Gasteiger partial charge in [-0.3, -0.25) is 9.59 Å². The molecule has 2 amide bonds. The topological polar surface area (TPSA) is 40.6 Å². The normalized spacial score (nSPS) is 23.5. The largest absolute Gasteiger partial charge is 0.329 e. The van der Waals surface area contributed by atoms with Crippen LogP contribution >= 0.6 is 11.6 Å². The quantitative estimate of drug-likeness (QED) is 0.789. The van der Waals surface area contributed by atoms with Gasteiger partial charge in [-0.25, -0.2) is 0 Å². The zero-order chi connectivity index (χ0) is 13.4. The van der Waals surface area contributed by atoms with E-state index >= 15 is 0 Å². The van der Waals surface area contributed by atoms with Crippen LogP contribution < -0.4 is 4.90 Å². The Labute approximate surface area is 116 Å². The molecule has 1 unspecified atom stereocenters. The molecule has 2 aliphatic rings. The first-order chi connectivity index (χ1) is 9.16. The molecule has 100 valence electrons. The number of halogens is 1. The molecule has 0 spiro atoms. The minimum atomic E-state index is -0.283. The molecule has 5 heteroatoms. The lowest BCUT2D eigenvalue weighted by Crippen LogP contribution is -2.61. The van der Waals surface area contributed by atoms with E-state index in [1.54, 1.807) is 28.0 Å². The summed E-state index contributed by atoms with van der Waals surface area (Å²) in [7, 11) is 0. The summed E-state index contributed by atoms with van der Waals surface area (Å²) in [4.78, 5) is 27.9. The lowest BCUT2D eigenvalue weighted by molar-refractivity contribution is -0.144. The van der Waals surface area contributed by atoms with Crippen molar-refractivity contribution in [2.24, 2.45) is 0 Å².